The second kappa shape index (κ2) is 9.61. The van der Waals surface area contributed by atoms with Crippen LogP contribution in [0.25, 0.3) is 5.65 Å². The van der Waals surface area contributed by atoms with E-state index in [4.69, 9.17) is 21.1 Å². The highest BCUT2D eigenvalue weighted by atomic mass is 35.5. The van der Waals surface area contributed by atoms with Crippen molar-refractivity contribution in [1.82, 2.24) is 24.4 Å². The predicted octanol–water partition coefficient (Wildman–Crippen LogP) is 5.60. The Bertz CT molecular complexity index is 1520. The third-order valence-corrected chi connectivity index (χ3v) is 8.55. The predicted molar refractivity (Wildman–Crippen MR) is 146 cm³/mol. The Morgan fingerprint density at radius 1 is 1.10 bits per heavy atom. The van der Waals surface area contributed by atoms with Crippen molar-refractivity contribution >= 4 is 29.2 Å². The van der Waals surface area contributed by atoms with Crippen LogP contribution in [0, 0.1) is 19.7 Å². The number of fused-ring (bicyclic) bond motifs is 5. The van der Waals surface area contributed by atoms with Gasteiger partial charge in [-0.1, -0.05) is 11.6 Å². The van der Waals surface area contributed by atoms with Crippen LogP contribution in [0.2, 0.25) is 5.02 Å². The Morgan fingerprint density at radius 2 is 1.80 bits per heavy atom. The van der Waals surface area contributed by atoms with Gasteiger partial charge in [0.1, 0.15) is 23.3 Å². The zero-order chi connectivity index (χ0) is 28.5. The smallest absolute Gasteiger partial charge is 0.410 e. The van der Waals surface area contributed by atoms with E-state index in [2.05, 4.69) is 10.1 Å². The largest absolute Gasteiger partial charge is 0.489 e. The van der Waals surface area contributed by atoms with Crippen LogP contribution in [0.4, 0.5) is 9.18 Å². The molecule has 0 unspecified atom stereocenters. The minimum atomic E-state index is -0.569. The Labute approximate surface area is 237 Å². The highest BCUT2D eigenvalue weighted by molar-refractivity contribution is 6.31. The Kier molecular flexibility index (Phi) is 6.44. The lowest BCUT2D eigenvalue weighted by Gasteiger charge is -2.39. The molecule has 1 aromatic carbocycles. The minimum absolute atomic E-state index is 0.0100. The number of aromatic nitrogens is 3. The SMILES string of the molecule is Cc1nc2c3c(nn2c(C)c1Cl)CN(C(=O)c1ccc(F)cc1O[C@@H]1C[C@H]2CC[C@@H](C1)N2C(=O)OC(C)(C)C)C3. The Balaban J connectivity index is 1.20. The Morgan fingerprint density at radius 3 is 2.48 bits per heavy atom. The molecular formula is C29H33ClFN5O4. The van der Waals surface area contributed by atoms with Crippen LogP contribution in [0.5, 0.6) is 5.75 Å². The number of rotatable bonds is 3. The normalized spacial score (nSPS) is 22.1. The minimum Gasteiger partial charge on any atom is -0.489 e. The van der Waals surface area contributed by atoms with Gasteiger partial charge in [-0.15, -0.1) is 0 Å². The van der Waals surface area contributed by atoms with Crippen LogP contribution in [0.3, 0.4) is 0 Å². The van der Waals surface area contributed by atoms with Crippen molar-refractivity contribution in [2.24, 2.45) is 0 Å². The second-order valence-corrected chi connectivity index (χ2v) is 12.4. The summed E-state index contributed by atoms with van der Waals surface area (Å²) in [7, 11) is 0. The molecule has 2 fully saturated rings. The van der Waals surface area contributed by atoms with Gasteiger partial charge in [0.25, 0.3) is 5.91 Å². The lowest BCUT2D eigenvalue weighted by Crippen LogP contribution is -2.50. The maximum atomic E-state index is 14.4. The average Bonchev–Trinajstić information content (AvgIpc) is 3.51. The summed E-state index contributed by atoms with van der Waals surface area (Å²) in [5, 5.41) is 5.23. The molecule has 0 radical (unpaired) electrons. The molecule has 3 aliphatic heterocycles. The van der Waals surface area contributed by atoms with Gasteiger partial charge in [-0.25, -0.2) is 18.7 Å². The molecule has 5 heterocycles. The van der Waals surface area contributed by atoms with Gasteiger partial charge in [-0.05, 0) is 59.6 Å². The van der Waals surface area contributed by atoms with Gasteiger partial charge in [0.05, 0.1) is 40.8 Å². The number of amides is 2. The summed E-state index contributed by atoms with van der Waals surface area (Å²) in [6.45, 7) is 9.95. The summed E-state index contributed by atoms with van der Waals surface area (Å²) < 4.78 is 28.1. The van der Waals surface area contributed by atoms with Gasteiger partial charge >= 0.3 is 6.09 Å². The molecule has 2 amide bonds. The third kappa shape index (κ3) is 4.66. The first-order chi connectivity index (χ1) is 18.9. The number of ether oxygens (including phenoxy) is 2. The fraction of sp³-hybridized carbons (Fsp3) is 0.517. The summed E-state index contributed by atoms with van der Waals surface area (Å²) in [6, 6.07) is 4.01. The van der Waals surface area contributed by atoms with E-state index in [0.29, 0.717) is 47.9 Å². The molecule has 3 aromatic rings. The van der Waals surface area contributed by atoms with E-state index in [1.165, 1.54) is 18.2 Å². The molecule has 0 saturated carbocycles. The van der Waals surface area contributed by atoms with Gasteiger partial charge in [0, 0.05) is 36.6 Å². The zero-order valence-corrected chi connectivity index (χ0v) is 24.1. The van der Waals surface area contributed by atoms with E-state index >= 15 is 0 Å². The highest BCUT2D eigenvalue weighted by Crippen LogP contribution is 2.39. The first-order valence-electron chi connectivity index (χ1n) is 13.7. The molecule has 2 saturated heterocycles. The number of hydrogen-bond acceptors (Lipinski definition) is 6. The summed E-state index contributed by atoms with van der Waals surface area (Å²) in [5.41, 5.74) is 3.58. The molecule has 6 rings (SSSR count). The molecule has 3 atom stereocenters. The van der Waals surface area contributed by atoms with Crippen LogP contribution in [-0.2, 0) is 17.8 Å². The second-order valence-electron chi connectivity index (χ2n) is 12.0. The number of nitrogens with zero attached hydrogens (tertiary/aromatic N) is 5. The first kappa shape index (κ1) is 26.8. The number of carbonyl (C=O) groups is 2. The number of halogens is 2. The van der Waals surface area contributed by atoms with E-state index < -0.39 is 11.4 Å². The summed E-state index contributed by atoms with van der Waals surface area (Å²) in [6.07, 6.45) is 2.38. The van der Waals surface area contributed by atoms with Crippen molar-refractivity contribution in [1.29, 1.82) is 0 Å². The third-order valence-electron chi connectivity index (χ3n) is 8.00. The molecule has 11 heteroatoms. The first-order valence-corrected chi connectivity index (χ1v) is 14.1. The van der Waals surface area contributed by atoms with Crippen LogP contribution in [0.15, 0.2) is 18.2 Å². The van der Waals surface area contributed by atoms with Crippen molar-refractivity contribution in [3.8, 4) is 5.75 Å². The molecular weight excluding hydrogens is 537 g/mol. The maximum Gasteiger partial charge on any atom is 0.410 e. The standard InChI is InChI=1S/C29H33ClFN5O4/c1-15-25(30)16(2)36-26(32-15)22-13-34(14-23(22)33-36)27(37)21-9-6-17(31)10-24(21)39-20-11-18-7-8-19(12-20)35(18)28(38)40-29(3,4)5/h6,9-10,18-20H,7-8,11-14H2,1-5H3/t18-,19+,20-. The van der Waals surface area contributed by atoms with E-state index in [-0.39, 0.29) is 35.9 Å². The van der Waals surface area contributed by atoms with Gasteiger partial charge < -0.3 is 19.3 Å². The molecule has 3 aliphatic rings. The number of hydrogen-bond donors (Lipinski definition) is 0. The average molecular weight is 570 g/mol. The summed E-state index contributed by atoms with van der Waals surface area (Å²) >= 11 is 6.36. The lowest BCUT2D eigenvalue weighted by atomic mass is 10.00. The van der Waals surface area contributed by atoms with Crippen LogP contribution < -0.4 is 4.74 Å². The van der Waals surface area contributed by atoms with Crippen LogP contribution in [0.1, 0.15) is 79.5 Å². The van der Waals surface area contributed by atoms with Crippen LogP contribution >= 0.6 is 11.6 Å². The molecule has 212 valence electrons. The van der Waals surface area contributed by atoms with E-state index in [1.807, 2.05) is 39.5 Å². The number of aryl methyl sites for hydroxylation is 2. The van der Waals surface area contributed by atoms with Gasteiger partial charge in [-0.2, -0.15) is 5.10 Å². The van der Waals surface area contributed by atoms with Crippen molar-refractivity contribution < 1.29 is 23.5 Å². The number of carbonyl (C=O) groups excluding carboxylic acids is 2. The molecule has 0 spiro atoms. The molecule has 0 aliphatic carbocycles. The van der Waals surface area contributed by atoms with Crippen LogP contribution in [-0.4, -0.2) is 60.2 Å². The Hall–Kier alpha value is -3.40. The van der Waals surface area contributed by atoms with E-state index in [9.17, 15) is 14.0 Å². The summed E-state index contributed by atoms with van der Waals surface area (Å²) in [4.78, 5) is 34.7. The van der Waals surface area contributed by atoms with Gasteiger partial charge in [-0.3, -0.25) is 4.79 Å². The lowest BCUT2D eigenvalue weighted by molar-refractivity contribution is -0.00717. The quantitative estimate of drug-likeness (QED) is 0.408. The monoisotopic (exact) mass is 569 g/mol. The topological polar surface area (TPSA) is 89.3 Å². The van der Waals surface area contributed by atoms with Crippen molar-refractivity contribution in [2.75, 3.05) is 0 Å². The molecule has 0 N–H and O–H groups in total. The number of piperidine rings is 1. The van der Waals surface area contributed by atoms with E-state index in [0.717, 1.165) is 29.8 Å². The van der Waals surface area contributed by atoms with Gasteiger partial charge in [0.2, 0.25) is 0 Å². The van der Waals surface area contributed by atoms with Gasteiger partial charge in [0.15, 0.2) is 5.65 Å². The van der Waals surface area contributed by atoms with E-state index in [1.54, 1.807) is 9.42 Å². The zero-order valence-electron chi connectivity index (χ0n) is 23.3. The molecule has 40 heavy (non-hydrogen) atoms. The molecule has 2 aromatic heterocycles. The van der Waals surface area contributed by atoms with Crippen molar-refractivity contribution in [3.63, 3.8) is 0 Å². The molecule has 9 nitrogen and oxygen atoms in total. The summed E-state index contributed by atoms with van der Waals surface area (Å²) in [5.74, 6) is -0.520. The fourth-order valence-electron chi connectivity index (χ4n) is 6.21. The number of benzene rings is 1. The van der Waals surface area contributed by atoms with Crippen molar-refractivity contribution in [2.45, 2.75) is 97.2 Å². The maximum absolute atomic E-state index is 14.4. The van der Waals surface area contributed by atoms with Crippen molar-refractivity contribution in [3.05, 3.63) is 57.2 Å². The highest BCUT2D eigenvalue weighted by Gasteiger charge is 2.46. The fourth-order valence-corrected chi connectivity index (χ4v) is 6.34. The molecule has 2 bridgehead atoms.